The number of benzene rings is 1. The van der Waals surface area contributed by atoms with Gasteiger partial charge >= 0.3 is 0 Å². The van der Waals surface area contributed by atoms with Crippen molar-refractivity contribution in [3.05, 3.63) is 34.3 Å². The number of rotatable bonds is 6. The Morgan fingerprint density at radius 1 is 1.31 bits per heavy atom. The molecule has 1 aromatic carbocycles. The first kappa shape index (κ1) is 13.4. The van der Waals surface area contributed by atoms with Gasteiger partial charge in [-0.25, -0.2) is 0 Å². The largest absolute Gasteiger partial charge is 0.300 e. The van der Waals surface area contributed by atoms with Gasteiger partial charge in [0.2, 0.25) is 0 Å². The average molecular weight is 283 g/mol. The normalized spacial score (nSPS) is 12.4. The van der Waals surface area contributed by atoms with Crippen LogP contribution in [0.4, 0.5) is 0 Å². The van der Waals surface area contributed by atoms with Crippen LogP contribution in [-0.2, 0) is 4.79 Å². The molecule has 1 rings (SSSR count). The molecule has 1 atom stereocenters. The second kappa shape index (κ2) is 6.85. The molecule has 0 aliphatic carbocycles. The molecule has 0 aliphatic heterocycles. The van der Waals surface area contributed by atoms with Crippen LogP contribution >= 0.6 is 15.9 Å². The van der Waals surface area contributed by atoms with E-state index in [9.17, 15) is 4.79 Å². The molecule has 1 unspecified atom stereocenters. The van der Waals surface area contributed by atoms with Gasteiger partial charge in [0.05, 0.1) is 0 Å². The zero-order valence-electron chi connectivity index (χ0n) is 10.0. The van der Waals surface area contributed by atoms with Gasteiger partial charge in [0.25, 0.3) is 0 Å². The van der Waals surface area contributed by atoms with Crippen molar-refractivity contribution in [3.63, 3.8) is 0 Å². The van der Waals surface area contributed by atoms with E-state index in [-0.39, 0.29) is 5.78 Å². The van der Waals surface area contributed by atoms with Crippen LogP contribution in [0, 0.1) is 0 Å². The highest BCUT2D eigenvalue weighted by atomic mass is 79.9. The third-order valence-corrected chi connectivity index (χ3v) is 3.31. The topological polar surface area (TPSA) is 17.1 Å². The Morgan fingerprint density at radius 3 is 2.44 bits per heavy atom. The van der Waals surface area contributed by atoms with Crippen molar-refractivity contribution >= 4 is 21.7 Å². The number of carbonyl (C=O) groups is 1. The molecule has 0 fully saturated rings. The second-order valence-corrected chi connectivity index (χ2v) is 5.21. The number of ketones is 1. The molecule has 0 spiro atoms. The maximum absolute atomic E-state index is 11.2. The standard InChI is InChI=1S/C14H19BrO/c1-3-4-5-13(10-11(2)16)12-6-8-14(15)9-7-12/h6-9,13H,3-5,10H2,1-2H3. The molecule has 0 saturated carbocycles. The second-order valence-electron chi connectivity index (χ2n) is 4.30. The lowest BCUT2D eigenvalue weighted by atomic mass is 9.89. The highest BCUT2D eigenvalue weighted by Gasteiger charge is 2.13. The van der Waals surface area contributed by atoms with Crippen molar-refractivity contribution < 1.29 is 4.79 Å². The van der Waals surface area contributed by atoms with Crippen LogP contribution in [0.1, 0.15) is 51.0 Å². The summed E-state index contributed by atoms with van der Waals surface area (Å²) in [6.45, 7) is 3.87. The molecule has 0 aliphatic rings. The van der Waals surface area contributed by atoms with E-state index in [1.807, 2.05) is 0 Å². The number of unbranched alkanes of at least 4 members (excludes halogenated alkanes) is 1. The molecule has 0 N–H and O–H groups in total. The Morgan fingerprint density at radius 2 is 1.94 bits per heavy atom. The Bertz CT molecular complexity index is 329. The summed E-state index contributed by atoms with van der Waals surface area (Å²) in [4.78, 5) is 11.2. The van der Waals surface area contributed by atoms with Gasteiger partial charge in [-0.3, -0.25) is 0 Å². The number of hydrogen-bond acceptors (Lipinski definition) is 1. The first-order chi connectivity index (χ1) is 7.63. The molecule has 16 heavy (non-hydrogen) atoms. The number of carbonyl (C=O) groups excluding carboxylic acids is 1. The predicted molar refractivity (Wildman–Crippen MR) is 71.7 cm³/mol. The highest BCUT2D eigenvalue weighted by Crippen LogP contribution is 2.27. The molecule has 2 heteroatoms. The summed E-state index contributed by atoms with van der Waals surface area (Å²) in [6, 6.07) is 8.34. The van der Waals surface area contributed by atoms with Crippen molar-refractivity contribution in [3.8, 4) is 0 Å². The Hall–Kier alpha value is -0.630. The van der Waals surface area contributed by atoms with Crippen LogP contribution in [0.25, 0.3) is 0 Å². The Labute approximate surface area is 106 Å². The molecule has 1 aromatic rings. The Kier molecular flexibility index (Phi) is 5.75. The smallest absolute Gasteiger partial charge is 0.130 e. The van der Waals surface area contributed by atoms with Gasteiger partial charge in [-0.1, -0.05) is 47.8 Å². The third kappa shape index (κ3) is 4.48. The SMILES string of the molecule is CCCCC(CC(C)=O)c1ccc(Br)cc1. The van der Waals surface area contributed by atoms with Gasteiger partial charge < -0.3 is 4.79 Å². The summed E-state index contributed by atoms with van der Waals surface area (Å²) >= 11 is 3.43. The fraction of sp³-hybridized carbons (Fsp3) is 0.500. The first-order valence-corrected chi connectivity index (χ1v) is 6.67. The number of halogens is 1. The van der Waals surface area contributed by atoms with E-state index < -0.39 is 0 Å². The van der Waals surface area contributed by atoms with E-state index in [0.29, 0.717) is 12.3 Å². The molecular formula is C14H19BrO. The van der Waals surface area contributed by atoms with Crippen molar-refractivity contribution in [2.45, 2.75) is 45.4 Å². The fourth-order valence-corrected chi connectivity index (χ4v) is 2.18. The van der Waals surface area contributed by atoms with Crippen LogP contribution in [0.5, 0.6) is 0 Å². The van der Waals surface area contributed by atoms with E-state index in [4.69, 9.17) is 0 Å². The lowest BCUT2D eigenvalue weighted by Gasteiger charge is -2.15. The minimum atomic E-state index is 0.282. The lowest BCUT2D eigenvalue weighted by Crippen LogP contribution is -2.04. The summed E-state index contributed by atoms with van der Waals surface area (Å²) < 4.78 is 1.09. The number of hydrogen-bond donors (Lipinski definition) is 0. The van der Waals surface area contributed by atoms with Crippen molar-refractivity contribution in [1.82, 2.24) is 0 Å². The molecule has 0 radical (unpaired) electrons. The van der Waals surface area contributed by atoms with E-state index >= 15 is 0 Å². The first-order valence-electron chi connectivity index (χ1n) is 5.88. The minimum absolute atomic E-state index is 0.282. The van der Waals surface area contributed by atoms with Crippen LogP contribution in [0.15, 0.2) is 28.7 Å². The van der Waals surface area contributed by atoms with Crippen molar-refractivity contribution in [1.29, 1.82) is 0 Å². The summed E-state index contributed by atoms with van der Waals surface area (Å²) in [5.74, 6) is 0.676. The van der Waals surface area contributed by atoms with E-state index in [0.717, 1.165) is 10.9 Å². The zero-order valence-corrected chi connectivity index (χ0v) is 11.6. The van der Waals surface area contributed by atoms with Gasteiger partial charge in [0.1, 0.15) is 5.78 Å². The molecule has 0 amide bonds. The van der Waals surface area contributed by atoms with Crippen molar-refractivity contribution in [2.75, 3.05) is 0 Å². The van der Waals surface area contributed by atoms with Gasteiger partial charge in [-0.2, -0.15) is 0 Å². The molecule has 0 aromatic heterocycles. The van der Waals surface area contributed by atoms with Gasteiger partial charge in [-0.05, 0) is 37.0 Å². The van der Waals surface area contributed by atoms with E-state index in [1.54, 1.807) is 6.92 Å². The fourth-order valence-electron chi connectivity index (χ4n) is 1.92. The Balaban J connectivity index is 2.74. The molecule has 1 nitrogen and oxygen atoms in total. The van der Waals surface area contributed by atoms with Gasteiger partial charge in [0.15, 0.2) is 0 Å². The van der Waals surface area contributed by atoms with Crippen LogP contribution in [0.3, 0.4) is 0 Å². The molecule has 88 valence electrons. The summed E-state index contributed by atoms with van der Waals surface area (Å²) in [5.41, 5.74) is 1.28. The van der Waals surface area contributed by atoms with Crippen LogP contribution < -0.4 is 0 Å². The summed E-state index contributed by atoms with van der Waals surface area (Å²) in [7, 11) is 0. The quantitative estimate of drug-likeness (QED) is 0.739. The number of Topliss-reactive ketones (excluding diaryl/α,β-unsaturated/α-hetero) is 1. The predicted octanol–water partition coefficient (Wildman–Crippen LogP) is 4.70. The van der Waals surface area contributed by atoms with Crippen molar-refractivity contribution in [2.24, 2.45) is 0 Å². The van der Waals surface area contributed by atoms with Gasteiger partial charge in [-0.15, -0.1) is 0 Å². The van der Waals surface area contributed by atoms with Crippen LogP contribution in [-0.4, -0.2) is 5.78 Å². The molecule has 0 saturated heterocycles. The summed E-state index contributed by atoms with van der Waals surface area (Å²) in [6.07, 6.45) is 4.15. The maximum Gasteiger partial charge on any atom is 0.130 e. The average Bonchev–Trinajstić information content (AvgIpc) is 2.25. The maximum atomic E-state index is 11.2. The molecular weight excluding hydrogens is 264 g/mol. The lowest BCUT2D eigenvalue weighted by molar-refractivity contribution is -0.117. The van der Waals surface area contributed by atoms with Crippen LogP contribution in [0.2, 0.25) is 0 Å². The monoisotopic (exact) mass is 282 g/mol. The molecule has 0 heterocycles. The van der Waals surface area contributed by atoms with E-state index in [1.165, 1.54) is 18.4 Å². The van der Waals surface area contributed by atoms with Gasteiger partial charge in [0, 0.05) is 10.9 Å². The molecule has 0 bridgehead atoms. The third-order valence-electron chi connectivity index (χ3n) is 2.78. The minimum Gasteiger partial charge on any atom is -0.300 e. The zero-order chi connectivity index (χ0) is 12.0. The highest BCUT2D eigenvalue weighted by molar-refractivity contribution is 9.10. The van der Waals surface area contributed by atoms with E-state index in [2.05, 4.69) is 47.1 Å². The summed E-state index contributed by atoms with van der Waals surface area (Å²) in [5, 5.41) is 0.